The summed E-state index contributed by atoms with van der Waals surface area (Å²) in [4.78, 5) is 11.6. The Labute approximate surface area is 109 Å². The summed E-state index contributed by atoms with van der Waals surface area (Å²) >= 11 is 0. The van der Waals surface area contributed by atoms with Crippen LogP contribution in [-0.2, 0) is 22.7 Å². The first kappa shape index (κ1) is 14.7. The summed E-state index contributed by atoms with van der Waals surface area (Å²) < 4.78 is 5.12. The minimum absolute atomic E-state index is 0.00318. The molecule has 0 heterocycles. The van der Waals surface area contributed by atoms with Gasteiger partial charge in [-0.25, -0.2) is 0 Å². The van der Waals surface area contributed by atoms with E-state index in [1.54, 1.807) is 7.11 Å². The average molecular weight is 250 g/mol. The standard InChI is InChI=1S/C14H22N2O2/c1-3-13(15)8-14(17)16-9-11-6-4-5-7-12(11)10-18-2/h4-7,13H,3,8-10,15H2,1-2H3,(H,16,17). The third-order valence-corrected chi connectivity index (χ3v) is 2.87. The van der Waals surface area contributed by atoms with E-state index in [4.69, 9.17) is 10.5 Å². The number of carbonyl (C=O) groups is 1. The molecular formula is C14H22N2O2. The van der Waals surface area contributed by atoms with Crippen LogP contribution in [0.15, 0.2) is 24.3 Å². The van der Waals surface area contributed by atoms with E-state index in [2.05, 4.69) is 5.32 Å². The van der Waals surface area contributed by atoms with Crippen molar-refractivity contribution in [3.8, 4) is 0 Å². The third-order valence-electron chi connectivity index (χ3n) is 2.87. The normalized spacial score (nSPS) is 12.2. The highest BCUT2D eigenvalue weighted by Gasteiger charge is 2.08. The van der Waals surface area contributed by atoms with Gasteiger partial charge in [0.2, 0.25) is 5.91 Å². The fraction of sp³-hybridized carbons (Fsp3) is 0.500. The first-order valence-corrected chi connectivity index (χ1v) is 6.25. The van der Waals surface area contributed by atoms with E-state index in [0.29, 0.717) is 19.6 Å². The van der Waals surface area contributed by atoms with Gasteiger partial charge < -0.3 is 15.8 Å². The van der Waals surface area contributed by atoms with Crippen LogP contribution >= 0.6 is 0 Å². The Morgan fingerprint density at radius 1 is 1.39 bits per heavy atom. The lowest BCUT2D eigenvalue weighted by atomic mass is 10.1. The van der Waals surface area contributed by atoms with E-state index < -0.39 is 0 Å². The molecule has 1 aromatic rings. The number of nitrogens with one attached hydrogen (secondary N) is 1. The highest BCUT2D eigenvalue weighted by molar-refractivity contribution is 5.76. The summed E-state index contributed by atoms with van der Waals surface area (Å²) in [5, 5.41) is 2.89. The van der Waals surface area contributed by atoms with E-state index >= 15 is 0 Å². The monoisotopic (exact) mass is 250 g/mol. The Morgan fingerprint density at radius 2 is 2.06 bits per heavy atom. The van der Waals surface area contributed by atoms with Gasteiger partial charge in [0.1, 0.15) is 0 Å². The summed E-state index contributed by atoms with van der Waals surface area (Å²) in [6.45, 7) is 3.06. The number of ether oxygens (including phenoxy) is 1. The molecule has 100 valence electrons. The van der Waals surface area contributed by atoms with Crippen molar-refractivity contribution in [3.05, 3.63) is 35.4 Å². The SMILES string of the molecule is CCC(N)CC(=O)NCc1ccccc1COC. The van der Waals surface area contributed by atoms with Gasteiger partial charge in [-0.15, -0.1) is 0 Å². The van der Waals surface area contributed by atoms with Crippen LogP contribution in [0.3, 0.4) is 0 Å². The Balaban J connectivity index is 2.50. The van der Waals surface area contributed by atoms with Gasteiger partial charge in [0.05, 0.1) is 6.61 Å². The topological polar surface area (TPSA) is 64.4 Å². The summed E-state index contributed by atoms with van der Waals surface area (Å²) in [6, 6.07) is 7.86. The molecule has 0 saturated carbocycles. The molecular weight excluding hydrogens is 228 g/mol. The molecule has 4 nitrogen and oxygen atoms in total. The maximum atomic E-state index is 11.6. The van der Waals surface area contributed by atoms with E-state index in [9.17, 15) is 4.79 Å². The highest BCUT2D eigenvalue weighted by atomic mass is 16.5. The maximum Gasteiger partial charge on any atom is 0.221 e. The number of rotatable bonds is 7. The van der Waals surface area contributed by atoms with Crippen LogP contribution in [0.25, 0.3) is 0 Å². The molecule has 1 rings (SSSR count). The number of carbonyl (C=O) groups excluding carboxylic acids is 1. The Bertz CT molecular complexity index is 380. The quantitative estimate of drug-likeness (QED) is 0.772. The first-order chi connectivity index (χ1) is 8.67. The van der Waals surface area contributed by atoms with Crippen LogP contribution in [0.1, 0.15) is 30.9 Å². The summed E-state index contributed by atoms with van der Waals surface area (Å²) in [6.07, 6.45) is 1.19. The van der Waals surface area contributed by atoms with Crippen molar-refractivity contribution in [2.45, 2.75) is 39.0 Å². The Hall–Kier alpha value is -1.39. The van der Waals surface area contributed by atoms with Gasteiger partial charge in [0, 0.05) is 26.1 Å². The molecule has 0 fully saturated rings. The molecule has 1 aromatic carbocycles. The van der Waals surface area contributed by atoms with Crippen LogP contribution in [-0.4, -0.2) is 19.1 Å². The summed E-state index contributed by atoms with van der Waals surface area (Å²) in [5.41, 5.74) is 7.92. The second-order valence-electron chi connectivity index (χ2n) is 4.35. The number of benzene rings is 1. The van der Waals surface area contributed by atoms with Crippen LogP contribution < -0.4 is 11.1 Å². The van der Waals surface area contributed by atoms with E-state index in [1.165, 1.54) is 0 Å². The zero-order valence-corrected chi connectivity index (χ0v) is 11.1. The van der Waals surface area contributed by atoms with Crippen molar-refractivity contribution in [2.75, 3.05) is 7.11 Å². The number of hydrogen-bond acceptors (Lipinski definition) is 3. The zero-order valence-electron chi connectivity index (χ0n) is 11.1. The minimum atomic E-state index is -0.0563. The third kappa shape index (κ3) is 4.85. The van der Waals surface area contributed by atoms with Crippen molar-refractivity contribution in [2.24, 2.45) is 5.73 Å². The lowest BCUT2D eigenvalue weighted by Gasteiger charge is -2.12. The number of amides is 1. The minimum Gasteiger partial charge on any atom is -0.380 e. The van der Waals surface area contributed by atoms with Gasteiger partial charge in [-0.2, -0.15) is 0 Å². The summed E-state index contributed by atoms with van der Waals surface area (Å²) in [5.74, 6) is -0.00318. The van der Waals surface area contributed by atoms with Crippen molar-refractivity contribution < 1.29 is 9.53 Å². The first-order valence-electron chi connectivity index (χ1n) is 6.25. The van der Waals surface area contributed by atoms with Crippen molar-refractivity contribution in [1.82, 2.24) is 5.32 Å². The predicted molar refractivity (Wildman–Crippen MR) is 71.9 cm³/mol. The molecule has 0 radical (unpaired) electrons. The second-order valence-corrected chi connectivity index (χ2v) is 4.35. The van der Waals surface area contributed by atoms with Crippen LogP contribution in [0, 0.1) is 0 Å². The number of methoxy groups -OCH3 is 1. The predicted octanol–water partition coefficient (Wildman–Crippen LogP) is 1.58. The molecule has 0 saturated heterocycles. The molecule has 1 unspecified atom stereocenters. The molecule has 0 aliphatic heterocycles. The lowest BCUT2D eigenvalue weighted by Crippen LogP contribution is -2.31. The Morgan fingerprint density at radius 3 is 2.67 bits per heavy atom. The van der Waals surface area contributed by atoms with Gasteiger partial charge in [-0.3, -0.25) is 4.79 Å². The molecule has 0 aromatic heterocycles. The van der Waals surface area contributed by atoms with E-state index in [0.717, 1.165) is 17.5 Å². The number of hydrogen-bond donors (Lipinski definition) is 2. The smallest absolute Gasteiger partial charge is 0.221 e. The molecule has 3 N–H and O–H groups in total. The molecule has 1 amide bonds. The highest BCUT2D eigenvalue weighted by Crippen LogP contribution is 2.09. The van der Waals surface area contributed by atoms with Crippen molar-refractivity contribution in [1.29, 1.82) is 0 Å². The molecule has 4 heteroatoms. The lowest BCUT2D eigenvalue weighted by molar-refractivity contribution is -0.121. The van der Waals surface area contributed by atoms with Crippen molar-refractivity contribution in [3.63, 3.8) is 0 Å². The zero-order chi connectivity index (χ0) is 13.4. The van der Waals surface area contributed by atoms with Crippen LogP contribution in [0.5, 0.6) is 0 Å². The fourth-order valence-corrected chi connectivity index (χ4v) is 1.67. The largest absolute Gasteiger partial charge is 0.380 e. The molecule has 18 heavy (non-hydrogen) atoms. The fourth-order valence-electron chi connectivity index (χ4n) is 1.67. The molecule has 0 spiro atoms. The van der Waals surface area contributed by atoms with E-state index in [1.807, 2.05) is 31.2 Å². The average Bonchev–Trinajstić information content (AvgIpc) is 2.38. The Kier molecular flexibility index (Phi) is 6.39. The molecule has 0 bridgehead atoms. The van der Waals surface area contributed by atoms with E-state index in [-0.39, 0.29) is 11.9 Å². The van der Waals surface area contributed by atoms with Crippen molar-refractivity contribution >= 4 is 5.91 Å². The van der Waals surface area contributed by atoms with Gasteiger partial charge >= 0.3 is 0 Å². The summed E-state index contributed by atoms with van der Waals surface area (Å²) in [7, 11) is 1.66. The number of nitrogens with two attached hydrogens (primary N) is 1. The van der Waals surface area contributed by atoms with Gasteiger partial charge in [-0.1, -0.05) is 31.2 Å². The second kappa shape index (κ2) is 7.84. The van der Waals surface area contributed by atoms with Crippen LogP contribution in [0.4, 0.5) is 0 Å². The van der Waals surface area contributed by atoms with Crippen LogP contribution in [0.2, 0.25) is 0 Å². The maximum absolute atomic E-state index is 11.6. The molecule has 0 aliphatic carbocycles. The van der Waals surface area contributed by atoms with Gasteiger partial charge in [0.15, 0.2) is 0 Å². The molecule has 1 atom stereocenters. The van der Waals surface area contributed by atoms with Gasteiger partial charge in [0.25, 0.3) is 0 Å². The molecule has 0 aliphatic rings. The van der Waals surface area contributed by atoms with Gasteiger partial charge in [-0.05, 0) is 17.5 Å².